The van der Waals surface area contributed by atoms with Crippen molar-refractivity contribution in [3.63, 3.8) is 0 Å². The molecule has 0 aliphatic rings. The number of aliphatic hydroxyl groups is 1. The summed E-state index contributed by atoms with van der Waals surface area (Å²) in [6, 6.07) is 1.36. The second-order valence-electron chi connectivity index (χ2n) is 3.30. The minimum atomic E-state index is -1.07. The van der Waals surface area contributed by atoms with Crippen LogP contribution >= 0.6 is 22.6 Å². The Bertz CT molecular complexity index is 412. The number of benzene rings is 1. The molecule has 0 aromatic heterocycles. The second kappa shape index (κ2) is 5.53. The number of carbonyl (C=O) groups excluding carboxylic acids is 1. The zero-order valence-electron chi connectivity index (χ0n) is 8.43. The van der Waals surface area contributed by atoms with Gasteiger partial charge in [-0.3, -0.25) is 4.79 Å². The highest BCUT2D eigenvalue weighted by Gasteiger charge is 2.15. The average Bonchev–Trinajstić information content (AvgIpc) is 2.23. The maximum Gasteiger partial charge on any atom is 0.252 e. The molecule has 16 heavy (non-hydrogen) atoms. The van der Waals surface area contributed by atoms with Crippen molar-refractivity contribution in [2.75, 3.05) is 6.61 Å². The van der Waals surface area contributed by atoms with Gasteiger partial charge in [0.1, 0.15) is 0 Å². The monoisotopic (exact) mass is 341 g/mol. The van der Waals surface area contributed by atoms with Gasteiger partial charge in [0.25, 0.3) is 5.91 Å². The van der Waals surface area contributed by atoms with Gasteiger partial charge in [-0.15, -0.1) is 0 Å². The quantitative estimate of drug-likeness (QED) is 0.649. The largest absolute Gasteiger partial charge is 0.394 e. The van der Waals surface area contributed by atoms with E-state index in [1.165, 1.54) is 0 Å². The topological polar surface area (TPSA) is 49.3 Å². The van der Waals surface area contributed by atoms with Gasteiger partial charge in [0.15, 0.2) is 11.6 Å². The van der Waals surface area contributed by atoms with Gasteiger partial charge in [-0.1, -0.05) is 0 Å². The average molecular weight is 341 g/mol. The lowest BCUT2D eigenvalue weighted by Gasteiger charge is -2.11. The molecule has 0 fully saturated rings. The van der Waals surface area contributed by atoms with Crippen LogP contribution in [0.25, 0.3) is 0 Å². The van der Waals surface area contributed by atoms with Crippen LogP contribution in [-0.4, -0.2) is 23.7 Å². The fourth-order valence-corrected chi connectivity index (χ4v) is 1.72. The number of halogens is 3. The number of rotatable bonds is 3. The highest BCUT2D eigenvalue weighted by Crippen LogP contribution is 2.17. The Kier molecular flexibility index (Phi) is 4.60. The predicted octanol–water partition coefficient (Wildman–Crippen LogP) is 1.68. The Balaban J connectivity index is 2.96. The van der Waals surface area contributed by atoms with E-state index in [0.717, 1.165) is 12.1 Å². The molecule has 0 aliphatic heterocycles. The van der Waals surface area contributed by atoms with E-state index in [1.54, 1.807) is 29.5 Å². The summed E-state index contributed by atoms with van der Waals surface area (Å²) in [5.74, 6) is -2.59. The van der Waals surface area contributed by atoms with Crippen molar-refractivity contribution in [1.82, 2.24) is 5.32 Å². The van der Waals surface area contributed by atoms with Crippen molar-refractivity contribution >= 4 is 28.5 Å². The molecule has 1 aromatic carbocycles. The zero-order chi connectivity index (χ0) is 12.3. The van der Waals surface area contributed by atoms with Gasteiger partial charge in [-0.2, -0.15) is 0 Å². The van der Waals surface area contributed by atoms with Gasteiger partial charge in [-0.05, 0) is 41.6 Å². The van der Waals surface area contributed by atoms with Crippen molar-refractivity contribution in [3.8, 4) is 0 Å². The number of amides is 1. The lowest BCUT2D eigenvalue weighted by atomic mass is 10.2. The third-order valence-electron chi connectivity index (χ3n) is 1.91. The van der Waals surface area contributed by atoms with E-state index in [4.69, 9.17) is 5.11 Å². The highest BCUT2D eigenvalue weighted by atomic mass is 127. The number of hydrogen-bond donors (Lipinski definition) is 2. The van der Waals surface area contributed by atoms with E-state index >= 15 is 0 Å². The summed E-state index contributed by atoms with van der Waals surface area (Å²) in [5, 5.41) is 11.2. The Labute approximate surface area is 105 Å². The summed E-state index contributed by atoms with van der Waals surface area (Å²) in [4.78, 5) is 11.6. The number of hydrogen-bond acceptors (Lipinski definition) is 2. The van der Waals surface area contributed by atoms with E-state index in [0.29, 0.717) is 3.57 Å². The molecule has 0 heterocycles. The normalized spacial score (nSPS) is 12.3. The minimum absolute atomic E-state index is 0.0554. The maximum absolute atomic E-state index is 12.9. The Morgan fingerprint density at radius 2 is 2.06 bits per heavy atom. The lowest BCUT2D eigenvalue weighted by Crippen LogP contribution is -2.35. The molecule has 0 aliphatic carbocycles. The third kappa shape index (κ3) is 3.11. The molecule has 1 rings (SSSR count). The molecule has 1 aromatic rings. The summed E-state index contributed by atoms with van der Waals surface area (Å²) in [7, 11) is 0. The molecule has 2 N–H and O–H groups in total. The molecule has 1 amide bonds. The summed E-state index contributed by atoms with van der Waals surface area (Å²) < 4.78 is 26.0. The second-order valence-corrected chi connectivity index (χ2v) is 4.47. The summed E-state index contributed by atoms with van der Waals surface area (Å²) >= 11 is 1.75. The molecular formula is C10H10F2INO2. The zero-order valence-corrected chi connectivity index (χ0v) is 10.6. The molecule has 0 spiro atoms. The lowest BCUT2D eigenvalue weighted by molar-refractivity contribution is 0.0921. The van der Waals surface area contributed by atoms with E-state index in [2.05, 4.69) is 5.32 Å². The first-order valence-electron chi connectivity index (χ1n) is 4.52. The van der Waals surface area contributed by atoms with Crippen LogP contribution in [0.5, 0.6) is 0 Å². The molecule has 3 nitrogen and oxygen atoms in total. The molecule has 88 valence electrons. The van der Waals surface area contributed by atoms with Gasteiger partial charge in [-0.25, -0.2) is 8.78 Å². The summed E-state index contributed by atoms with van der Waals surface area (Å²) in [6.07, 6.45) is 0. The van der Waals surface area contributed by atoms with Gasteiger partial charge in [0.05, 0.1) is 12.2 Å². The first-order valence-corrected chi connectivity index (χ1v) is 5.60. The third-order valence-corrected chi connectivity index (χ3v) is 2.80. The van der Waals surface area contributed by atoms with Crippen LogP contribution in [0.1, 0.15) is 17.3 Å². The SMILES string of the molecule is CC(CO)NC(=O)c1cc(F)c(F)cc1I. The molecule has 0 radical (unpaired) electrons. The van der Waals surface area contributed by atoms with Crippen LogP contribution in [0.3, 0.4) is 0 Å². The Hall–Kier alpha value is -0.760. The van der Waals surface area contributed by atoms with E-state index in [9.17, 15) is 13.6 Å². The molecule has 1 atom stereocenters. The number of nitrogens with one attached hydrogen (secondary N) is 1. The fraction of sp³-hybridized carbons (Fsp3) is 0.300. The maximum atomic E-state index is 12.9. The number of carbonyl (C=O) groups is 1. The van der Waals surface area contributed by atoms with E-state index < -0.39 is 23.6 Å². The van der Waals surface area contributed by atoms with Gasteiger partial charge in [0, 0.05) is 9.61 Å². The predicted molar refractivity (Wildman–Crippen MR) is 63.1 cm³/mol. The van der Waals surface area contributed by atoms with Crippen LogP contribution in [0, 0.1) is 15.2 Å². The van der Waals surface area contributed by atoms with Crippen molar-refractivity contribution < 1.29 is 18.7 Å². The van der Waals surface area contributed by atoms with Crippen molar-refractivity contribution in [2.45, 2.75) is 13.0 Å². The molecular weight excluding hydrogens is 331 g/mol. The van der Waals surface area contributed by atoms with Crippen molar-refractivity contribution in [2.24, 2.45) is 0 Å². The summed E-state index contributed by atoms with van der Waals surface area (Å²) in [6.45, 7) is 1.39. The van der Waals surface area contributed by atoms with Crippen LogP contribution in [0.15, 0.2) is 12.1 Å². The first-order chi connectivity index (χ1) is 7.45. The molecule has 6 heteroatoms. The van der Waals surface area contributed by atoms with Gasteiger partial charge < -0.3 is 10.4 Å². The standard InChI is InChI=1S/C10H10F2INO2/c1-5(4-15)14-10(16)6-2-7(11)8(12)3-9(6)13/h2-3,5,15H,4H2,1H3,(H,14,16). The Morgan fingerprint density at radius 1 is 1.50 bits per heavy atom. The van der Waals surface area contributed by atoms with Crippen molar-refractivity contribution in [1.29, 1.82) is 0 Å². The van der Waals surface area contributed by atoms with Crippen molar-refractivity contribution in [3.05, 3.63) is 32.9 Å². The summed E-state index contributed by atoms with van der Waals surface area (Å²) in [5.41, 5.74) is 0.0554. The van der Waals surface area contributed by atoms with Gasteiger partial charge in [0.2, 0.25) is 0 Å². The number of aliphatic hydroxyl groups excluding tert-OH is 1. The van der Waals surface area contributed by atoms with Crippen LogP contribution in [-0.2, 0) is 0 Å². The molecule has 0 bridgehead atoms. The molecule has 0 saturated carbocycles. The highest BCUT2D eigenvalue weighted by molar-refractivity contribution is 14.1. The van der Waals surface area contributed by atoms with Crippen LogP contribution < -0.4 is 5.32 Å². The van der Waals surface area contributed by atoms with Crippen LogP contribution in [0.4, 0.5) is 8.78 Å². The first kappa shape index (κ1) is 13.3. The Morgan fingerprint density at radius 3 is 2.62 bits per heavy atom. The molecule has 0 saturated heterocycles. The van der Waals surface area contributed by atoms with E-state index in [1.807, 2.05) is 0 Å². The molecule has 1 unspecified atom stereocenters. The smallest absolute Gasteiger partial charge is 0.252 e. The van der Waals surface area contributed by atoms with Gasteiger partial charge >= 0.3 is 0 Å². The van der Waals surface area contributed by atoms with Crippen LogP contribution in [0.2, 0.25) is 0 Å². The van der Waals surface area contributed by atoms with E-state index in [-0.39, 0.29) is 12.2 Å². The minimum Gasteiger partial charge on any atom is -0.394 e. The fourth-order valence-electron chi connectivity index (χ4n) is 1.04.